The molecule has 2 rings (SSSR count). The van der Waals surface area contributed by atoms with Gasteiger partial charge in [-0.1, -0.05) is 28.8 Å². The summed E-state index contributed by atoms with van der Waals surface area (Å²) in [7, 11) is 1.67. The van der Waals surface area contributed by atoms with E-state index in [2.05, 4.69) is 31.9 Å². The number of rotatable bonds is 5. The summed E-state index contributed by atoms with van der Waals surface area (Å²) in [4.78, 5) is 0. The van der Waals surface area contributed by atoms with Crippen LogP contribution in [-0.4, -0.2) is 19.0 Å². The van der Waals surface area contributed by atoms with Gasteiger partial charge in [-0.05, 0) is 47.0 Å². The lowest BCUT2D eigenvalue weighted by Crippen LogP contribution is -2.27. The maximum Gasteiger partial charge on any atom is 0.133 e. The molecule has 0 unspecified atom stereocenters. The lowest BCUT2D eigenvalue weighted by Gasteiger charge is -2.26. The summed E-state index contributed by atoms with van der Waals surface area (Å²) in [5.74, 6) is 1.73. The zero-order valence-corrected chi connectivity index (χ0v) is 13.7. The number of alkyl halides is 1. The van der Waals surface area contributed by atoms with Crippen LogP contribution in [-0.2, 0) is 0 Å². The fraction of sp³-hybridized carbons (Fsp3) is 0.571. The highest BCUT2D eigenvalue weighted by atomic mass is 79.9. The average Bonchev–Trinajstić information content (AvgIpc) is 2.86. The molecule has 0 N–H and O–H groups in total. The van der Waals surface area contributed by atoms with Gasteiger partial charge in [-0.3, -0.25) is 0 Å². The van der Waals surface area contributed by atoms with Gasteiger partial charge in [0.05, 0.1) is 18.2 Å². The van der Waals surface area contributed by atoms with Crippen molar-refractivity contribution in [3.63, 3.8) is 0 Å². The maximum atomic E-state index is 5.98. The number of methoxy groups -OCH3 is 1. The molecule has 1 saturated carbocycles. The Kier molecular flexibility index (Phi) is 4.96. The highest BCUT2D eigenvalue weighted by molar-refractivity contribution is 9.10. The Morgan fingerprint density at radius 3 is 2.56 bits per heavy atom. The van der Waals surface area contributed by atoms with Crippen LogP contribution in [0.15, 0.2) is 22.7 Å². The van der Waals surface area contributed by atoms with E-state index in [-0.39, 0.29) is 0 Å². The predicted molar refractivity (Wildman–Crippen MR) is 80.9 cm³/mol. The number of hydrogen-bond donors (Lipinski definition) is 0. The minimum Gasteiger partial charge on any atom is -0.497 e. The van der Waals surface area contributed by atoms with Crippen LogP contribution in [0.5, 0.6) is 11.5 Å². The third-order valence-electron chi connectivity index (χ3n) is 3.62. The first-order chi connectivity index (χ1) is 8.69. The molecule has 0 aliphatic heterocycles. The van der Waals surface area contributed by atoms with Gasteiger partial charge >= 0.3 is 0 Å². The van der Waals surface area contributed by atoms with Crippen LogP contribution in [0.25, 0.3) is 0 Å². The van der Waals surface area contributed by atoms with Crippen LogP contribution in [0, 0.1) is 5.41 Å². The largest absolute Gasteiger partial charge is 0.497 e. The van der Waals surface area contributed by atoms with E-state index in [0.717, 1.165) is 27.9 Å². The molecule has 4 heteroatoms. The molecule has 0 heterocycles. The number of hydrogen-bond acceptors (Lipinski definition) is 2. The molecule has 1 aromatic carbocycles. The zero-order valence-electron chi connectivity index (χ0n) is 10.5. The zero-order chi connectivity index (χ0) is 13.0. The van der Waals surface area contributed by atoms with Gasteiger partial charge in [0.25, 0.3) is 0 Å². The summed E-state index contributed by atoms with van der Waals surface area (Å²) < 4.78 is 12.1. The smallest absolute Gasteiger partial charge is 0.133 e. The molecule has 1 aliphatic carbocycles. The van der Waals surface area contributed by atoms with E-state index >= 15 is 0 Å². The molecule has 0 spiro atoms. The van der Waals surface area contributed by atoms with E-state index in [1.165, 1.54) is 25.7 Å². The third-order valence-corrected chi connectivity index (χ3v) is 5.43. The third kappa shape index (κ3) is 3.21. The van der Waals surface area contributed by atoms with Gasteiger partial charge in [0.1, 0.15) is 11.5 Å². The Balaban J connectivity index is 2.01. The molecule has 0 aromatic heterocycles. The van der Waals surface area contributed by atoms with Crippen molar-refractivity contribution in [1.82, 2.24) is 0 Å². The molecular formula is C14H18Br2O2. The van der Waals surface area contributed by atoms with Gasteiger partial charge in [-0.25, -0.2) is 0 Å². The quantitative estimate of drug-likeness (QED) is 0.686. The summed E-state index contributed by atoms with van der Waals surface area (Å²) in [5, 5.41) is 1.02. The van der Waals surface area contributed by atoms with Crippen molar-refractivity contribution in [1.29, 1.82) is 0 Å². The number of halogens is 2. The summed E-state index contributed by atoms with van der Waals surface area (Å²) in [6.45, 7) is 0.781. The van der Waals surface area contributed by atoms with Crippen molar-refractivity contribution in [3.8, 4) is 11.5 Å². The van der Waals surface area contributed by atoms with Crippen LogP contribution >= 0.6 is 31.9 Å². The van der Waals surface area contributed by atoms with E-state index in [9.17, 15) is 0 Å². The summed E-state index contributed by atoms with van der Waals surface area (Å²) in [5.41, 5.74) is 0.319. The predicted octanol–water partition coefficient (Wildman–Crippen LogP) is 4.79. The molecule has 2 nitrogen and oxygen atoms in total. The molecule has 18 heavy (non-hydrogen) atoms. The second-order valence-electron chi connectivity index (χ2n) is 4.93. The van der Waals surface area contributed by atoms with Gasteiger partial charge in [-0.15, -0.1) is 0 Å². The van der Waals surface area contributed by atoms with E-state index in [0.29, 0.717) is 5.41 Å². The van der Waals surface area contributed by atoms with Gasteiger partial charge in [0, 0.05) is 10.7 Å². The molecule has 0 amide bonds. The fourth-order valence-corrected chi connectivity index (χ4v) is 3.59. The van der Waals surface area contributed by atoms with Crippen molar-refractivity contribution >= 4 is 31.9 Å². The minimum absolute atomic E-state index is 0.319. The average molecular weight is 378 g/mol. The van der Waals surface area contributed by atoms with Gasteiger partial charge < -0.3 is 9.47 Å². The van der Waals surface area contributed by atoms with E-state index in [1.54, 1.807) is 7.11 Å². The van der Waals surface area contributed by atoms with Crippen LogP contribution < -0.4 is 9.47 Å². The molecular weight excluding hydrogens is 360 g/mol. The summed E-state index contributed by atoms with van der Waals surface area (Å²) in [6, 6.07) is 5.82. The van der Waals surface area contributed by atoms with Crippen molar-refractivity contribution in [2.45, 2.75) is 25.7 Å². The van der Waals surface area contributed by atoms with Crippen molar-refractivity contribution in [2.24, 2.45) is 5.41 Å². The maximum absolute atomic E-state index is 5.98. The lowest BCUT2D eigenvalue weighted by molar-refractivity contribution is 0.173. The molecule has 0 atom stereocenters. The van der Waals surface area contributed by atoms with Crippen molar-refractivity contribution in [2.75, 3.05) is 19.0 Å². The SMILES string of the molecule is COc1ccc(OCC2(CBr)CCCC2)c(Br)c1. The van der Waals surface area contributed by atoms with Crippen molar-refractivity contribution in [3.05, 3.63) is 22.7 Å². The van der Waals surface area contributed by atoms with Crippen molar-refractivity contribution < 1.29 is 9.47 Å². The van der Waals surface area contributed by atoms with Gasteiger partial charge in [0.2, 0.25) is 0 Å². The number of ether oxygens (including phenoxy) is 2. The van der Waals surface area contributed by atoms with E-state index in [4.69, 9.17) is 9.47 Å². The van der Waals surface area contributed by atoms with Crippen LogP contribution in [0.1, 0.15) is 25.7 Å². The summed E-state index contributed by atoms with van der Waals surface area (Å²) in [6.07, 6.45) is 5.15. The Labute approximate surface area is 125 Å². The molecule has 1 aliphatic rings. The second-order valence-corrected chi connectivity index (χ2v) is 6.34. The molecule has 0 saturated heterocycles. The number of benzene rings is 1. The Morgan fingerprint density at radius 1 is 1.28 bits per heavy atom. The van der Waals surface area contributed by atoms with E-state index < -0.39 is 0 Å². The fourth-order valence-electron chi connectivity index (χ4n) is 2.40. The Bertz CT molecular complexity index is 401. The van der Waals surface area contributed by atoms with E-state index in [1.807, 2.05) is 18.2 Å². The second kappa shape index (κ2) is 6.29. The molecule has 1 fully saturated rings. The molecule has 1 aromatic rings. The first kappa shape index (κ1) is 14.2. The monoisotopic (exact) mass is 376 g/mol. The first-order valence-corrected chi connectivity index (χ1v) is 8.13. The standard InChI is InChI=1S/C14H18Br2O2/c1-17-11-4-5-13(12(16)8-11)18-10-14(9-15)6-2-3-7-14/h4-5,8H,2-3,6-7,9-10H2,1H3. The van der Waals surface area contributed by atoms with Crippen LogP contribution in [0.3, 0.4) is 0 Å². The first-order valence-electron chi connectivity index (χ1n) is 6.21. The van der Waals surface area contributed by atoms with Gasteiger partial charge in [0.15, 0.2) is 0 Å². The molecule has 0 bridgehead atoms. The van der Waals surface area contributed by atoms with Gasteiger partial charge in [-0.2, -0.15) is 0 Å². The van der Waals surface area contributed by atoms with Crippen LogP contribution in [0.2, 0.25) is 0 Å². The highest BCUT2D eigenvalue weighted by Gasteiger charge is 2.33. The lowest BCUT2D eigenvalue weighted by atomic mass is 9.90. The summed E-state index contributed by atoms with van der Waals surface area (Å²) >= 11 is 7.16. The Morgan fingerprint density at radius 2 is 2.00 bits per heavy atom. The molecule has 0 radical (unpaired) electrons. The Hall–Kier alpha value is -0.220. The minimum atomic E-state index is 0.319. The van der Waals surface area contributed by atoms with Crippen LogP contribution in [0.4, 0.5) is 0 Å². The normalized spacial score (nSPS) is 17.7. The highest BCUT2D eigenvalue weighted by Crippen LogP contribution is 2.40. The topological polar surface area (TPSA) is 18.5 Å². The molecule has 100 valence electrons.